The molecule has 0 aliphatic carbocycles. The summed E-state index contributed by atoms with van der Waals surface area (Å²) in [7, 11) is 0. The summed E-state index contributed by atoms with van der Waals surface area (Å²) in [5.74, 6) is -0.994. The topological polar surface area (TPSA) is 78.4 Å². The zero-order valence-corrected chi connectivity index (χ0v) is 11.4. The van der Waals surface area contributed by atoms with Crippen LogP contribution in [0.2, 0.25) is 0 Å². The monoisotopic (exact) mass is 264 g/mol. The summed E-state index contributed by atoms with van der Waals surface area (Å²) >= 11 is 0. The summed E-state index contributed by atoms with van der Waals surface area (Å²) in [5, 5.41) is 14.6. The molecule has 3 N–H and O–H groups in total. The number of nitrogens with one attached hydrogen (secondary N) is 2. The van der Waals surface area contributed by atoms with Gasteiger partial charge in [0.1, 0.15) is 6.04 Å². The molecule has 0 radical (unpaired) electrons. The van der Waals surface area contributed by atoms with Crippen LogP contribution in [0.15, 0.2) is 24.3 Å². The van der Waals surface area contributed by atoms with Gasteiger partial charge < -0.3 is 15.7 Å². The zero-order chi connectivity index (χ0) is 14.4. The van der Waals surface area contributed by atoms with Crippen LogP contribution in [0, 0.1) is 5.92 Å². The largest absolute Gasteiger partial charge is 0.480 e. The minimum Gasteiger partial charge on any atom is -0.480 e. The lowest BCUT2D eigenvalue weighted by Gasteiger charge is -2.14. The third-order valence-corrected chi connectivity index (χ3v) is 2.72. The van der Waals surface area contributed by atoms with Gasteiger partial charge in [0.05, 0.1) is 0 Å². The van der Waals surface area contributed by atoms with Crippen LogP contribution < -0.4 is 10.6 Å². The number of hydrogen-bond donors (Lipinski definition) is 3. The van der Waals surface area contributed by atoms with Crippen molar-refractivity contribution in [1.29, 1.82) is 0 Å². The van der Waals surface area contributed by atoms with E-state index in [1.807, 2.05) is 20.8 Å². The smallest absolute Gasteiger partial charge is 0.326 e. The van der Waals surface area contributed by atoms with Crippen molar-refractivity contribution in [2.45, 2.75) is 33.2 Å². The summed E-state index contributed by atoms with van der Waals surface area (Å²) in [6.45, 7) is 5.46. The second-order valence-corrected chi connectivity index (χ2v) is 4.66. The molecule has 0 heterocycles. The van der Waals surface area contributed by atoms with E-state index in [2.05, 4.69) is 10.6 Å². The van der Waals surface area contributed by atoms with Crippen molar-refractivity contribution in [3.8, 4) is 0 Å². The number of aliphatic carboxylic acids is 1. The average Bonchev–Trinajstić information content (AvgIpc) is 2.37. The number of benzene rings is 1. The lowest BCUT2D eigenvalue weighted by atomic mass is 10.2. The fourth-order valence-electron chi connectivity index (χ4n) is 1.48. The normalized spacial score (nSPS) is 12.0. The number of carboxylic acid groups (broad SMARTS) is 1. The molecule has 0 fully saturated rings. The molecule has 5 nitrogen and oxygen atoms in total. The van der Waals surface area contributed by atoms with E-state index >= 15 is 0 Å². The van der Waals surface area contributed by atoms with Crippen molar-refractivity contribution in [3.05, 3.63) is 24.3 Å². The summed E-state index contributed by atoms with van der Waals surface area (Å²) in [5.41, 5.74) is 1.42. The van der Waals surface area contributed by atoms with E-state index in [0.29, 0.717) is 12.1 Å². The van der Waals surface area contributed by atoms with Crippen molar-refractivity contribution < 1.29 is 14.7 Å². The molecule has 0 spiro atoms. The Hall–Kier alpha value is -2.04. The summed E-state index contributed by atoms with van der Waals surface area (Å²) in [6, 6.07) is 6.40. The molecule has 1 aromatic rings. The quantitative estimate of drug-likeness (QED) is 0.737. The number of amides is 1. The number of anilines is 2. The highest BCUT2D eigenvalue weighted by molar-refractivity contribution is 5.92. The minimum absolute atomic E-state index is 0.0438. The maximum Gasteiger partial charge on any atom is 0.326 e. The molecule has 0 saturated carbocycles. The van der Waals surface area contributed by atoms with Gasteiger partial charge in [-0.15, -0.1) is 0 Å². The Morgan fingerprint density at radius 2 is 1.68 bits per heavy atom. The fourth-order valence-corrected chi connectivity index (χ4v) is 1.48. The van der Waals surface area contributed by atoms with Gasteiger partial charge in [-0.05, 0) is 30.7 Å². The van der Waals surface area contributed by atoms with Crippen molar-refractivity contribution >= 4 is 23.3 Å². The molecule has 0 aliphatic heterocycles. The zero-order valence-electron chi connectivity index (χ0n) is 11.4. The molecule has 1 atom stereocenters. The number of carboxylic acids is 1. The second-order valence-electron chi connectivity index (χ2n) is 4.66. The lowest BCUT2D eigenvalue weighted by Crippen LogP contribution is -2.28. The Bertz CT molecular complexity index is 441. The number of carbonyl (C=O) groups excluding carboxylic acids is 1. The van der Waals surface area contributed by atoms with Gasteiger partial charge in [0.15, 0.2) is 0 Å². The molecule has 5 heteroatoms. The second kappa shape index (κ2) is 6.78. The Morgan fingerprint density at radius 1 is 1.16 bits per heavy atom. The molecule has 1 rings (SSSR count). The van der Waals surface area contributed by atoms with Gasteiger partial charge in [-0.25, -0.2) is 4.79 Å². The van der Waals surface area contributed by atoms with Crippen LogP contribution >= 0.6 is 0 Å². The molecule has 1 aromatic carbocycles. The van der Waals surface area contributed by atoms with Gasteiger partial charge in [-0.3, -0.25) is 4.79 Å². The SMILES string of the molecule is CCC(Nc1ccc(NC(=O)C(C)C)cc1)C(=O)O. The number of carbonyl (C=O) groups is 2. The molecular formula is C14H20N2O3. The molecule has 1 amide bonds. The Kier molecular flexibility index (Phi) is 5.36. The Morgan fingerprint density at radius 3 is 2.11 bits per heavy atom. The van der Waals surface area contributed by atoms with Crippen molar-refractivity contribution in [3.63, 3.8) is 0 Å². The lowest BCUT2D eigenvalue weighted by molar-refractivity contribution is -0.138. The van der Waals surface area contributed by atoms with E-state index in [4.69, 9.17) is 5.11 Å². The molecule has 0 aliphatic rings. The summed E-state index contributed by atoms with van der Waals surface area (Å²) in [6.07, 6.45) is 0.501. The van der Waals surface area contributed by atoms with Crippen LogP contribution in [0.1, 0.15) is 27.2 Å². The molecule has 0 bridgehead atoms. The fraction of sp³-hybridized carbons (Fsp3) is 0.429. The van der Waals surface area contributed by atoms with E-state index in [9.17, 15) is 9.59 Å². The summed E-state index contributed by atoms with van der Waals surface area (Å²) in [4.78, 5) is 22.4. The van der Waals surface area contributed by atoms with E-state index < -0.39 is 12.0 Å². The third kappa shape index (κ3) is 4.62. The van der Waals surface area contributed by atoms with E-state index in [1.54, 1.807) is 24.3 Å². The first kappa shape index (κ1) is 15.0. The van der Waals surface area contributed by atoms with Gasteiger partial charge in [0.2, 0.25) is 5.91 Å². The van der Waals surface area contributed by atoms with Crippen molar-refractivity contribution in [2.75, 3.05) is 10.6 Å². The van der Waals surface area contributed by atoms with Crippen LogP contribution in [0.25, 0.3) is 0 Å². The van der Waals surface area contributed by atoms with Crippen LogP contribution in [0.4, 0.5) is 11.4 Å². The van der Waals surface area contributed by atoms with Gasteiger partial charge in [-0.1, -0.05) is 20.8 Å². The molecule has 1 unspecified atom stereocenters. The van der Waals surface area contributed by atoms with Gasteiger partial charge in [0, 0.05) is 17.3 Å². The number of rotatable bonds is 6. The van der Waals surface area contributed by atoms with Crippen molar-refractivity contribution in [1.82, 2.24) is 0 Å². The average molecular weight is 264 g/mol. The first-order valence-corrected chi connectivity index (χ1v) is 6.34. The molecular weight excluding hydrogens is 244 g/mol. The first-order chi connectivity index (χ1) is 8.93. The van der Waals surface area contributed by atoms with Gasteiger partial charge in [-0.2, -0.15) is 0 Å². The first-order valence-electron chi connectivity index (χ1n) is 6.34. The molecule has 19 heavy (non-hydrogen) atoms. The summed E-state index contributed by atoms with van der Waals surface area (Å²) < 4.78 is 0. The van der Waals surface area contributed by atoms with E-state index in [1.165, 1.54) is 0 Å². The predicted octanol–water partition coefficient (Wildman–Crippen LogP) is 2.56. The molecule has 0 saturated heterocycles. The van der Waals surface area contributed by atoms with E-state index in [0.717, 1.165) is 5.69 Å². The highest BCUT2D eigenvalue weighted by Crippen LogP contribution is 2.16. The van der Waals surface area contributed by atoms with Gasteiger partial charge >= 0.3 is 5.97 Å². The third-order valence-electron chi connectivity index (χ3n) is 2.72. The van der Waals surface area contributed by atoms with Crippen LogP contribution in [-0.4, -0.2) is 23.0 Å². The van der Waals surface area contributed by atoms with E-state index in [-0.39, 0.29) is 11.8 Å². The standard InChI is InChI=1S/C14H20N2O3/c1-4-12(14(18)19)15-10-5-7-11(8-6-10)16-13(17)9(2)3/h5-9,12,15H,4H2,1-3H3,(H,16,17)(H,18,19). The van der Waals surface area contributed by atoms with Gasteiger partial charge in [0.25, 0.3) is 0 Å². The predicted molar refractivity (Wildman–Crippen MR) is 75.2 cm³/mol. The molecule has 104 valence electrons. The Balaban J connectivity index is 2.66. The highest BCUT2D eigenvalue weighted by atomic mass is 16.4. The van der Waals surface area contributed by atoms with Crippen LogP contribution in [0.5, 0.6) is 0 Å². The Labute approximate surface area is 113 Å². The van der Waals surface area contributed by atoms with Crippen LogP contribution in [-0.2, 0) is 9.59 Å². The highest BCUT2D eigenvalue weighted by Gasteiger charge is 2.14. The number of hydrogen-bond acceptors (Lipinski definition) is 3. The van der Waals surface area contributed by atoms with Crippen LogP contribution in [0.3, 0.4) is 0 Å². The maximum atomic E-state index is 11.5. The van der Waals surface area contributed by atoms with Crippen molar-refractivity contribution in [2.24, 2.45) is 5.92 Å². The minimum atomic E-state index is -0.875. The maximum absolute atomic E-state index is 11.5. The molecule has 0 aromatic heterocycles.